The van der Waals surface area contributed by atoms with E-state index in [2.05, 4.69) is 69.7 Å². The number of hydrogen-bond acceptors (Lipinski definition) is 7. The lowest BCUT2D eigenvalue weighted by atomic mass is 10.0. The monoisotopic (exact) mass is 480 g/mol. The summed E-state index contributed by atoms with van der Waals surface area (Å²) in [7, 11) is 0. The molecular weight excluding hydrogens is 452 g/mol. The predicted molar refractivity (Wildman–Crippen MR) is 139 cm³/mol. The Balaban J connectivity index is 1.54. The lowest BCUT2D eigenvalue weighted by molar-refractivity contribution is 0.300. The Hall–Kier alpha value is -4.27. The molecule has 9 nitrogen and oxygen atoms in total. The molecule has 6 rings (SSSR count). The number of nitrogens with two attached hydrogens (primary N) is 1. The smallest absolute Gasteiger partial charge is 0.219 e. The summed E-state index contributed by atoms with van der Waals surface area (Å²) in [6.45, 7) is 7.29. The van der Waals surface area contributed by atoms with Crippen LogP contribution in [0.2, 0.25) is 0 Å². The zero-order valence-corrected chi connectivity index (χ0v) is 20.6. The van der Waals surface area contributed by atoms with E-state index in [9.17, 15) is 0 Å². The summed E-state index contributed by atoms with van der Waals surface area (Å²) in [4.78, 5) is 17.6. The highest BCUT2D eigenvalue weighted by Gasteiger charge is 2.26. The molecule has 2 N–H and O–H groups in total. The zero-order chi connectivity index (χ0) is 24.9. The molecule has 1 aliphatic carbocycles. The van der Waals surface area contributed by atoms with Crippen LogP contribution in [0, 0.1) is 5.92 Å². The molecule has 2 aromatic carbocycles. The van der Waals surface area contributed by atoms with E-state index in [-0.39, 0.29) is 11.5 Å². The second kappa shape index (κ2) is 8.44. The van der Waals surface area contributed by atoms with Crippen molar-refractivity contribution in [1.29, 1.82) is 0 Å². The Morgan fingerprint density at radius 3 is 2.53 bits per heavy atom. The van der Waals surface area contributed by atoms with Crippen LogP contribution in [0.15, 0.2) is 61.4 Å². The molecule has 0 radical (unpaired) electrons. The number of ether oxygens (including phenoxy) is 1. The van der Waals surface area contributed by atoms with Crippen LogP contribution in [0.25, 0.3) is 39.2 Å². The van der Waals surface area contributed by atoms with Crippen molar-refractivity contribution in [2.75, 3.05) is 12.3 Å². The van der Waals surface area contributed by atoms with E-state index >= 15 is 0 Å². The fourth-order valence-corrected chi connectivity index (χ4v) is 4.42. The van der Waals surface area contributed by atoms with Crippen LogP contribution in [0.1, 0.15) is 33.6 Å². The van der Waals surface area contributed by atoms with E-state index in [1.54, 1.807) is 23.4 Å². The number of nitrogens with zero attached hydrogens (tertiary/aromatic N) is 7. The van der Waals surface area contributed by atoms with Gasteiger partial charge in [-0.2, -0.15) is 5.10 Å². The first-order valence-corrected chi connectivity index (χ1v) is 12.1. The van der Waals surface area contributed by atoms with Gasteiger partial charge in [0.25, 0.3) is 0 Å². The van der Waals surface area contributed by atoms with E-state index in [0.29, 0.717) is 5.92 Å². The van der Waals surface area contributed by atoms with Gasteiger partial charge in [-0.05, 0) is 75.4 Å². The first-order valence-electron chi connectivity index (χ1n) is 12.1. The number of rotatable bonds is 6. The summed E-state index contributed by atoms with van der Waals surface area (Å²) >= 11 is 0. The highest BCUT2D eigenvalue weighted by molar-refractivity contribution is 5.87. The molecule has 9 heteroatoms. The highest BCUT2D eigenvalue weighted by Crippen LogP contribution is 2.37. The van der Waals surface area contributed by atoms with Crippen molar-refractivity contribution in [3.63, 3.8) is 0 Å². The molecule has 0 bridgehead atoms. The van der Waals surface area contributed by atoms with Gasteiger partial charge in [-0.3, -0.25) is 0 Å². The zero-order valence-electron chi connectivity index (χ0n) is 20.6. The Morgan fingerprint density at radius 2 is 1.83 bits per heavy atom. The Kier molecular flexibility index (Phi) is 5.21. The minimum absolute atomic E-state index is 0.236. The fraction of sp³-hybridized carbons (Fsp3) is 0.296. The molecule has 1 fully saturated rings. The Morgan fingerprint density at radius 1 is 1.03 bits per heavy atom. The van der Waals surface area contributed by atoms with Gasteiger partial charge < -0.3 is 15.0 Å². The molecule has 0 spiro atoms. The summed E-state index contributed by atoms with van der Waals surface area (Å²) < 4.78 is 10.2. The van der Waals surface area contributed by atoms with Crippen LogP contribution in [0.4, 0.5) is 5.95 Å². The van der Waals surface area contributed by atoms with E-state index in [1.807, 2.05) is 12.1 Å². The number of anilines is 1. The van der Waals surface area contributed by atoms with Crippen LogP contribution in [0.3, 0.4) is 0 Å². The van der Waals surface area contributed by atoms with E-state index in [0.717, 1.165) is 51.6 Å². The largest absolute Gasteiger partial charge is 0.493 e. The maximum absolute atomic E-state index is 6.14. The van der Waals surface area contributed by atoms with Gasteiger partial charge in [-0.25, -0.2) is 24.6 Å². The molecule has 0 aliphatic heterocycles. The van der Waals surface area contributed by atoms with Crippen molar-refractivity contribution in [2.24, 2.45) is 5.92 Å². The van der Waals surface area contributed by atoms with Crippen molar-refractivity contribution in [3.8, 4) is 34.0 Å². The average Bonchev–Trinajstić information content (AvgIpc) is 3.36. The van der Waals surface area contributed by atoms with Crippen LogP contribution in [-0.4, -0.2) is 40.9 Å². The number of nitrogen functional groups attached to an aromatic ring is 1. The molecular formula is C27H28N8O. The number of fused-ring (bicyclic) bond motifs is 1. The van der Waals surface area contributed by atoms with Crippen LogP contribution in [0.5, 0.6) is 5.75 Å². The van der Waals surface area contributed by atoms with E-state index in [1.165, 1.54) is 19.2 Å². The topological polar surface area (TPSA) is 110 Å². The lowest BCUT2D eigenvalue weighted by Gasteiger charge is -2.25. The van der Waals surface area contributed by atoms with Crippen molar-refractivity contribution >= 4 is 17.0 Å². The van der Waals surface area contributed by atoms with E-state index in [4.69, 9.17) is 15.5 Å². The molecule has 1 aliphatic rings. The SMILES string of the molecule is CC(C)(C)n1c(-c2cc(OCC3CC3)ccc2-n2cncn2)nc2cc(-c3cnc(N)nc3)ccc21. The number of benzene rings is 2. The lowest BCUT2D eigenvalue weighted by Crippen LogP contribution is -2.23. The molecule has 36 heavy (non-hydrogen) atoms. The van der Waals surface area contributed by atoms with Gasteiger partial charge in [0.2, 0.25) is 5.95 Å². The average molecular weight is 481 g/mol. The van der Waals surface area contributed by atoms with Crippen molar-refractivity contribution in [2.45, 2.75) is 39.2 Å². The molecule has 0 amide bonds. The number of hydrogen-bond donors (Lipinski definition) is 1. The fourth-order valence-electron chi connectivity index (χ4n) is 4.42. The van der Waals surface area contributed by atoms with Gasteiger partial charge in [0.15, 0.2) is 0 Å². The summed E-state index contributed by atoms with van der Waals surface area (Å²) in [5.74, 6) is 2.58. The Bertz CT molecular complexity index is 1530. The third-order valence-electron chi connectivity index (χ3n) is 6.39. The molecule has 0 saturated heterocycles. The van der Waals surface area contributed by atoms with Crippen molar-refractivity contribution < 1.29 is 4.74 Å². The van der Waals surface area contributed by atoms with Crippen molar-refractivity contribution in [1.82, 2.24) is 34.3 Å². The highest BCUT2D eigenvalue weighted by atomic mass is 16.5. The molecule has 0 atom stereocenters. The van der Waals surface area contributed by atoms with Crippen LogP contribution in [-0.2, 0) is 5.54 Å². The number of aromatic nitrogens is 7. The van der Waals surface area contributed by atoms with Gasteiger partial charge in [-0.15, -0.1) is 0 Å². The maximum Gasteiger partial charge on any atom is 0.219 e. The van der Waals surface area contributed by atoms with Gasteiger partial charge >= 0.3 is 0 Å². The number of imidazole rings is 1. The second-order valence-electron chi connectivity index (χ2n) is 10.2. The summed E-state index contributed by atoms with van der Waals surface area (Å²) in [5, 5.41) is 4.40. The molecule has 0 unspecified atom stereocenters. The summed E-state index contributed by atoms with van der Waals surface area (Å²) in [5.41, 5.74) is 11.0. The molecule has 5 aromatic rings. The van der Waals surface area contributed by atoms with Gasteiger partial charge in [0.1, 0.15) is 24.2 Å². The van der Waals surface area contributed by atoms with Crippen LogP contribution < -0.4 is 10.5 Å². The predicted octanol–water partition coefficient (Wildman–Crippen LogP) is 4.87. The summed E-state index contributed by atoms with van der Waals surface area (Å²) in [6, 6.07) is 12.3. The maximum atomic E-state index is 6.14. The third kappa shape index (κ3) is 4.17. The quantitative estimate of drug-likeness (QED) is 0.369. The van der Waals surface area contributed by atoms with Gasteiger partial charge in [0, 0.05) is 29.1 Å². The Labute approximate surface area is 209 Å². The third-order valence-corrected chi connectivity index (χ3v) is 6.39. The van der Waals surface area contributed by atoms with Crippen LogP contribution >= 0.6 is 0 Å². The minimum Gasteiger partial charge on any atom is -0.493 e. The van der Waals surface area contributed by atoms with Crippen molar-refractivity contribution in [3.05, 3.63) is 61.4 Å². The first-order chi connectivity index (χ1) is 17.4. The minimum atomic E-state index is -0.236. The molecule has 1 saturated carbocycles. The van der Waals surface area contributed by atoms with E-state index < -0.39 is 0 Å². The molecule has 182 valence electrons. The second-order valence-corrected chi connectivity index (χ2v) is 10.2. The van der Waals surface area contributed by atoms with Gasteiger partial charge in [0.05, 0.1) is 23.3 Å². The molecule has 3 heterocycles. The standard InChI is InChI=1S/C27H28N8O/c1-27(2,3)35-24-8-6-18(19-12-30-26(28)31-13-19)10-22(24)33-25(35)21-11-20(36-14-17-4-5-17)7-9-23(21)34-16-29-15-32-34/h6-13,15-17H,4-5,14H2,1-3H3,(H2,28,30,31). The normalized spacial score (nSPS) is 13.9. The molecule has 3 aromatic heterocycles. The first kappa shape index (κ1) is 22.2. The summed E-state index contributed by atoms with van der Waals surface area (Å²) in [6.07, 6.45) is 9.18. The van der Waals surface area contributed by atoms with Gasteiger partial charge in [-0.1, -0.05) is 6.07 Å².